The van der Waals surface area contributed by atoms with E-state index in [-0.39, 0.29) is 0 Å². The fourth-order valence-corrected chi connectivity index (χ4v) is 1.37. The van der Waals surface area contributed by atoms with E-state index in [0.717, 1.165) is 18.5 Å². The Morgan fingerprint density at radius 1 is 1.33 bits per heavy atom. The second kappa shape index (κ2) is 5.33. The Morgan fingerprint density at radius 2 is 2.08 bits per heavy atom. The second-order valence-electron chi connectivity index (χ2n) is 2.59. The molecule has 0 atom stereocenters. The Bertz CT molecular complexity index is 235. The molecule has 12 heavy (non-hydrogen) atoms. The van der Waals surface area contributed by atoms with E-state index in [1.54, 1.807) is 0 Å². The molecule has 0 saturated carbocycles. The normalized spacial score (nSPS) is 10.2. The molecule has 0 unspecified atom stereocenters. The Morgan fingerprint density at radius 3 is 2.75 bits per heavy atom. The molecule has 1 nitrogen and oxygen atoms in total. The van der Waals surface area contributed by atoms with Crippen molar-refractivity contribution >= 4 is 15.9 Å². The van der Waals surface area contributed by atoms with Gasteiger partial charge < -0.3 is 4.74 Å². The van der Waals surface area contributed by atoms with Crippen LogP contribution in [0.2, 0.25) is 0 Å². The van der Waals surface area contributed by atoms with Crippen molar-refractivity contribution in [2.45, 2.75) is 18.9 Å². The maximum atomic E-state index is 5.30. The molecule has 0 aliphatic heterocycles. The van der Waals surface area contributed by atoms with Crippen LogP contribution in [0.15, 0.2) is 24.3 Å². The minimum atomic E-state index is 0.720. The van der Waals surface area contributed by atoms with Crippen LogP contribution < -0.4 is 0 Å². The van der Waals surface area contributed by atoms with Crippen LogP contribution in [-0.4, -0.2) is 6.61 Å². The van der Waals surface area contributed by atoms with Gasteiger partial charge in [0.2, 0.25) is 0 Å². The van der Waals surface area contributed by atoms with Gasteiger partial charge in [-0.3, -0.25) is 0 Å². The van der Waals surface area contributed by atoms with Gasteiger partial charge in [-0.15, -0.1) is 0 Å². The van der Waals surface area contributed by atoms with E-state index in [1.165, 1.54) is 11.1 Å². The molecule has 0 spiro atoms. The average Bonchev–Trinajstić information content (AvgIpc) is 2.15. The molecule has 0 aliphatic carbocycles. The van der Waals surface area contributed by atoms with Crippen molar-refractivity contribution in [1.29, 1.82) is 0 Å². The summed E-state index contributed by atoms with van der Waals surface area (Å²) in [4.78, 5) is 0. The van der Waals surface area contributed by atoms with Gasteiger partial charge in [0.15, 0.2) is 0 Å². The Balaban J connectivity index is 2.60. The fraction of sp³-hybridized carbons (Fsp3) is 0.400. The van der Waals surface area contributed by atoms with Crippen LogP contribution in [0.5, 0.6) is 0 Å². The minimum absolute atomic E-state index is 0.720. The third-order valence-corrected chi connectivity index (χ3v) is 2.27. The van der Waals surface area contributed by atoms with Crippen molar-refractivity contribution in [2.24, 2.45) is 0 Å². The van der Waals surface area contributed by atoms with Crippen LogP contribution in [0.3, 0.4) is 0 Å². The van der Waals surface area contributed by atoms with Gasteiger partial charge in [-0.05, 0) is 18.1 Å². The Kier molecular flexibility index (Phi) is 4.33. The van der Waals surface area contributed by atoms with Crippen LogP contribution >= 0.6 is 15.9 Å². The first kappa shape index (κ1) is 9.75. The lowest BCUT2D eigenvalue weighted by atomic mass is 10.1. The number of halogens is 1. The van der Waals surface area contributed by atoms with Crippen LogP contribution in [0.1, 0.15) is 18.1 Å². The third kappa shape index (κ3) is 2.95. The molecule has 0 radical (unpaired) electrons. The summed E-state index contributed by atoms with van der Waals surface area (Å²) < 4.78 is 5.30. The highest BCUT2D eigenvalue weighted by Crippen LogP contribution is 2.09. The minimum Gasteiger partial charge on any atom is -0.377 e. The first-order chi connectivity index (χ1) is 5.86. The van der Waals surface area contributed by atoms with Crippen molar-refractivity contribution < 1.29 is 4.74 Å². The molecule has 0 bridgehead atoms. The summed E-state index contributed by atoms with van der Waals surface area (Å²) in [6, 6.07) is 8.40. The predicted octanol–water partition coefficient (Wildman–Crippen LogP) is 3.12. The maximum Gasteiger partial charge on any atom is 0.0716 e. The van der Waals surface area contributed by atoms with E-state index in [1.807, 2.05) is 6.92 Å². The monoisotopic (exact) mass is 228 g/mol. The topological polar surface area (TPSA) is 9.23 Å². The molecule has 66 valence electrons. The summed E-state index contributed by atoms with van der Waals surface area (Å²) in [6.07, 6.45) is 0. The lowest BCUT2D eigenvalue weighted by Gasteiger charge is -2.02. The van der Waals surface area contributed by atoms with Crippen LogP contribution in [0.4, 0.5) is 0 Å². The molecule has 0 heterocycles. The van der Waals surface area contributed by atoms with E-state index in [4.69, 9.17) is 4.74 Å². The Labute approximate surface area is 81.9 Å². The molecule has 0 fully saturated rings. The SMILES string of the molecule is CCOCc1cccc(CBr)c1. The van der Waals surface area contributed by atoms with Crippen molar-refractivity contribution in [1.82, 2.24) is 0 Å². The second-order valence-corrected chi connectivity index (χ2v) is 3.15. The molecule has 2 heteroatoms. The number of alkyl halides is 1. The summed E-state index contributed by atoms with van der Waals surface area (Å²) in [5, 5.41) is 0.910. The highest BCUT2D eigenvalue weighted by atomic mass is 79.9. The van der Waals surface area contributed by atoms with E-state index in [9.17, 15) is 0 Å². The molecular weight excluding hydrogens is 216 g/mol. The summed E-state index contributed by atoms with van der Waals surface area (Å²) in [7, 11) is 0. The summed E-state index contributed by atoms with van der Waals surface area (Å²) in [5.74, 6) is 0. The van der Waals surface area contributed by atoms with Crippen molar-refractivity contribution in [3.63, 3.8) is 0 Å². The lowest BCUT2D eigenvalue weighted by molar-refractivity contribution is 0.134. The highest BCUT2D eigenvalue weighted by molar-refractivity contribution is 9.08. The lowest BCUT2D eigenvalue weighted by Crippen LogP contribution is -1.92. The molecule has 0 aliphatic rings. The molecule has 0 saturated heterocycles. The zero-order valence-electron chi connectivity index (χ0n) is 7.22. The molecular formula is C10H13BrO. The molecule has 0 N–H and O–H groups in total. The van der Waals surface area contributed by atoms with Gasteiger partial charge in [-0.25, -0.2) is 0 Å². The summed E-state index contributed by atoms with van der Waals surface area (Å²) in [5.41, 5.74) is 2.54. The Hall–Kier alpha value is -0.340. The van der Waals surface area contributed by atoms with Crippen molar-refractivity contribution in [2.75, 3.05) is 6.61 Å². The number of benzene rings is 1. The van der Waals surface area contributed by atoms with Crippen molar-refractivity contribution in [3.8, 4) is 0 Å². The number of rotatable bonds is 4. The maximum absolute atomic E-state index is 5.30. The van der Waals surface area contributed by atoms with E-state index in [0.29, 0.717) is 0 Å². The fourth-order valence-electron chi connectivity index (χ4n) is 1.02. The standard InChI is InChI=1S/C10H13BrO/c1-2-12-8-10-5-3-4-9(6-10)7-11/h3-6H,2,7-8H2,1H3. The number of ether oxygens (including phenoxy) is 1. The third-order valence-electron chi connectivity index (χ3n) is 1.62. The van der Waals surface area contributed by atoms with E-state index >= 15 is 0 Å². The van der Waals surface area contributed by atoms with Crippen LogP contribution in [0, 0.1) is 0 Å². The number of hydrogen-bond acceptors (Lipinski definition) is 1. The molecule has 0 amide bonds. The largest absolute Gasteiger partial charge is 0.377 e. The van der Waals surface area contributed by atoms with E-state index < -0.39 is 0 Å². The first-order valence-corrected chi connectivity index (χ1v) is 5.20. The van der Waals surface area contributed by atoms with Crippen LogP contribution in [0.25, 0.3) is 0 Å². The summed E-state index contributed by atoms with van der Waals surface area (Å²) in [6.45, 7) is 3.50. The molecule has 0 aromatic heterocycles. The molecule has 1 aromatic carbocycles. The molecule has 1 rings (SSSR count). The van der Waals surface area contributed by atoms with Gasteiger partial charge in [0.1, 0.15) is 0 Å². The predicted molar refractivity (Wildman–Crippen MR) is 54.4 cm³/mol. The molecule has 1 aromatic rings. The van der Waals surface area contributed by atoms with Gasteiger partial charge in [-0.1, -0.05) is 40.2 Å². The van der Waals surface area contributed by atoms with Gasteiger partial charge in [0.05, 0.1) is 6.61 Å². The first-order valence-electron chi connectivity index (χ1n) is 4.08. The van der Waals surface area contributed by atoms with E-state index in [2.05, 4.69) is 40.2 Å². The smallest absolute Gasteiger partial charge is 0.0716 e. The zero-order valence-corrected chi connectivity index (χ0v) is 8.80. The quantitative estimate of drug-likeness (QED) is 0.720. The van der Waals surface area contributed by atoms with Crippen molar-refractivity contribution in [3.05, 3.63) is 35.4 Å². The van der Waals surface area contributed by atoms with Gasteiger partial charge >= 0.3 is 0 Å². The zero-order chi connectivity index (χ0) is 8.81. The summed E-state index contributed by atoms with van der Waals surface area (Å²) >= 11 is 3.42. The van der Waals surface area contributed by atoms with Gasteiger partial charge in [0.25, 0.3) is 0 Å². The number of hydrogen-bond donors (Lipinski definition) is 0. The van der Waals surface area contributed by atoms with Crippen LogP contribution in [-0.2, 0) is 16.7 Å². The highest BCUT2D eigenvalue weighted by Gasteiger charge is 1.93. The average molecular weight is 229 g/mol. The van der Waals surface area contributed by atoms with Gasteiger partial charge in [0, 0.05) is 11.9 Å². The van der Waals surface area contributed by atoms with Gasteiger partial charge in [-0.2, -0.15) is 0 Å².